The van der Waals surface area contributed by atoms with Gasteiger partial charge >= 0.3 is 0 Å². The molecule has 0 bridgehead atoms. The molecule has 2 fully saturated rings. The number of amides is 1. The number of hydrogen-bond donors (Lipinski definition) is 2. The zero-order chi connectivity index (χ0) is 16.9. The molecule has 2 saturated heterocycles. The molecule has 0 spiro atoms. The molecule has 0 aromatic heterocycles. The van der Waals surface area contributed by atoms with Crippen LogP contribution in [0.3, 0.4) is 0 Å². The number of carbonyl (C=O) groups is 1. The first-order chi connectivity index (χ1) is 11.7. The second-order valence-corrected chi connectivity index (χ2v) is 7.15. The van der Waals surface area contributed by atoms with E-state index in [0.29, 0.717) is 6.04 Å². The third kappa shape index (κ3) is 5.74. The monoisotopic (exact) mass is 423 g/mol. The molecular formula is C17H27Cl2N3O3S. The minimum Gasteiger partial charge on any atom is -0.497 e. The summed E-state index contributed by atoms with van der Waals surface area (Å²) in [6.07, 6.45) is 1.90. The maximum absolute atomic E-state index is 12.4. The average Bonchev–Trinajstić information content (AvgIpc) is 3.16. The van der Waals surface area contributed by atoms with E-state index in [0.717, 1.165) is 54.7 Å². The van der Waals surface area contributed by atoms with Crippen molar-refractivity contribution >= 4 is 48.2 Å². The van der Waals surface area contributed by atoms with Crippen molar-refractivity contribution in [1.29, 1.82) is 0 Å². The molecule has 2 aliphatic rings. The zero-order valence-electron chi connectivity index (χ0n) is 15.0. The quantitative estimate of drug-likeness (QED) is 0.758. The normalized spacial score (nSPS) is 19.9. The maximum atomic E-state index is 12.4. The minimum absolute atomic E-state index is 0. The van der Waals surface area contributed by atoms with Crippen molar-refractivity contribution in [2.45, 2.75) is 24.9 Å². The third-order valence-electron chi connectivity index (χ3n) is 4.54. The van der Waals surface area contributed by atoms with Crippen LogP contribution in [-0.4, -0.2) is 61.8 Å². The van der Waals surface area contributed by atoms with Gasteiger partial charge in [-0.1, -0.05) is 0 Å². The van der Waals surface area contributed by atoms with Gasteiger partial charge in [0, 0.05) is 54.6 Å². The minimum atomic E-state index is 0. The van der Waals surface area contributed by atoms with Gasteiger partial charge in [-0.3, -0.25) is 10.1 Å². The smallest absolute Gasteiger partial charge is 0.240 e. The topological polar surface area (TPSA) is 62.8 Å². The molecule has 0 radical (unpaired) electrons. The molecular weight excluding hydrogens is 397 g/mol. The van der Waals surface area contributed by atoms with Crippen LogP contribution in [-0.2, 0) is 4.79 Å². The molecule has 0 saturated carbocycles. The molecule has 1 aromatic carbocycles. The highest BCUT2D eigenvalue weighted by Crippen LogP contribution is 2.27. The van der Waals surface area contributed by atoms with Crippen molar-refractivity contribution in [2.24, 2.45) is 0 Å². The van der Waals surface area contributed by atoms with Crippen molar-refractivity contribution in [1.82, 2.24) is 10.2 Å². The number of nitrogens with zero attached hydrogens (tertiary/aromatic N) is 1. The van der Waals surface area contributed by atoms with Crippen LogP contribution in [0.1, 0.15) is 12.8 Å². The Bertz CT molecular complexity index is 558. The van der Waals surface area contributed by atoms with Crippen molar-refractivity contribution < 1.29 is 14.3 Å². The number of piperidine rings is 1. The van der Waals surface area contributed by atoms with Crippen molar-refractivity contribution in [2.75, 3.05) is 44.3 Å². The average molecular weight is 424 g/mol. The van der Waals surface area contributed by atoms with Crippen LogP contribution >= 0.6 is 36.6 Å². The van der Waals surface area contributed by atoms with E-state index in [1.165, 1.54) is 0 Å². The molecule has 1 aromatic rings. The second kappa shape index (κ2) is 11.0. The van der Waals surface area contributed by atoms with Gasteiger partial charge in [-0.15, -0.1) is 36.6 Å². The van der Waals surface area contributed by atoms with Gasteiger partial charge in [-0.05, 0) is 12.8 Å². The molecule has 1 amide bonds. The van der Waals surface area contributed by atoms with Crippen molar-refractivity contribution in [3.63, 3.8) is 0 Å². The summed E-state index contributed by atoms with van der Waals surface area (Å²) < 4.78 is 10.6. The van der Waals surface area contributed by atoms with Crippen LogP contribution in [0.25, 0.3) is 0 Å². The van der Waals surface area contributed by atoms with Gasteiger partial charge < -0.3 is 19.7 Å². The lowest BCUT2D eigenvalue weighted by molar-refractivity contribution is -0.133. The van der Waals surface area contributed by atoms with Gasteiger partial charge in [0.2, 0.25) is 5.91 Å². The van der Waals surface area contributed by atoms with E-state index in [-0.39, 0.29) is 36.8 Å². The predicted octanol–water partition coefficient (Wildman–Crippen LogP) is 2.61. The number of benzene rings is 1. The number of rotatable bonds is 5. The van der Waals surface area contributed by atoms with Gasteiger partial charge in [-0.2, -0.15) is 0 Å². The van der Waals surface area contributed by atoms with E-state index in [9.17, 15) is 4.79 Å². The largest absolute Gasteiger partial charge is 0.497 e. The highest BCUT2D eigenvalue weighted by Gasteiger charge is 2.30. The molecule has 0 aliphatic carbocycles. The Balaban J connectivity index is 0.00000169. The molecule has 2 aliphatic heterocycles. The molecule has 9 heteroatoms. The summed E-state index contributed by atoms with van der Waals surface area (Å²) in [5.74, 6) is 3.57. The van der Waals surface area contributed by atoms with E-state index in [2.05, 4.69) is 10.6 Å². The Kier molecular flexibility index (Phi) is 9.71. The predicted molar refractivity (Wildman–Crippen MR) is 112 cm³/mol. The molecule has 2 heterocycles. The van der Waals surface area contributed by atoms with Crippen LogP contribution < -0.4 is 20.1 Å². The van der Waals surface area contributed by atoms with E-state index < -0.39 is 0 Å². The number of carbonyl (C=O) groups excluding carboxylic acids is 1. The number of nitrogens with one attached hydrogen (secondary N) is 2. The Morgan fingerprint density at radius 3 is 2.27 bits per heavy atom. The van der Waals surface area contributed by atoms with Gasteiger partial charge in [0.1, 0.15) is 11.5 Å². The van der Waals surface area contributed by atoms with Crippen LogP contribution in [0.15, 0.2) is 18.2 Å². The Morgan fingerprint density at radius 2 is 1.77 bits per heavy atom. The Labute approximate surface area is 171 Å². The van der Waals surface area contributed by atoms with Crippen molar-refractivity contribution in [3.8, 4) is 11.5 Å². The van der Waals surface area contributed by atoms with E-state index in [1.807, 2.05) is 23.1 Å². The molecule has 6 nitrogen and oxygen atoms in total. The summed E-state index contributed by atoms with van der Waals surface area (Å²) in [6.45, 7) is 1.61. The molecule has 148 valence electrons. The zero-order valence-corrected chi connectivity index (χ0v) is 17.5. The first-order valence-electron chi connectivity index (χ1n) is 8.29. The van der Waals surface area contributed by atoms with Crippen molar-refractivity contribution in [3.05, 3.63) is 18.2 Å². The third-order valence-corrected chi connectivity index (χ3v) is 5.48. The molecule has 1 unspecified atom stereocenters. The number of halogens is 2. The van der Waals surface area contributed by atoms with Crippen LogP contribution in [0.2, 0.25) is 0 Å². The molecule has 2 N–H and O–H groups in total. The lowest BCUT2D eigenvalue weighted by Gasteiger charge is -2.34. The molecule has 3 rings (SSSR count). The molecule has 1 atom stereocenters. The number of anilines is 1. The summed E-state index contributed by atoms with van der Waals surface area (Å²) in [5.41, 5.74) is 0.991. The number of thioether (sulfide) groups is 1. The maximum Gasteiger partial charge on any atom is 0.240 e. The first-order valence-corrected chi connectivity index (χ1v) is 9.44. The van der Waals surface area contributed by atoms with Crippen LogP contribution in [0.5, 0.6) is 11.5 Å². The fraction of sp³-hybridized carbons (Fsp3) is 0.588. The summed E-state index contributed by atoms with van der Waals surface area (Å²) in [4.78, 5) is 14.4. The Hall–Kier alpha value is -1.02. The first kappa shape index (κ1) is 23.0. The van der Waals surface area contributed by atoms with E-state index in [4.69, 9.17) is 9.47 Å². The standard InChI is InChI=1S/C17H25N3O3S.2ClH/c1-22-14-7-13(8-15(9-14)23-2)19-12-3-5-20(6-4-12)17(21)16-10-24-11-18-16;;/h7-9,12,16,18-19H,3-6,10-11H2,1-2H3;2*1H. The van der Waals surface area contributed by atoms with Crippen LogP contribution in [0.4, 0.5) is 5.69 Å². The highest BCUT2D eigenvalue weighted by molar-refractivity contribution is 7.99. The van der Waals surface area contributed by atoms with Gasteiger partial charge in [-0.25, -0.2) is 0 Å². The van der Waals surface area contributed by atoms with E-state index >= 15 is 0 Å². The Morgan fingerprint density at radius 1 is 1.15 bits per heavy atom. The van der Waals surface area contributed by atoms with Gasteiger partial charge in [0.05, 0.1) is 20.3 Å². The second-order valence-electron chi connectivity index (χ2n) is 6.12. The summed E-state index contributed by atoms with van der Waals surface area (Å²) in [7, 11) is 3.30. The fourth-order valence-electron chi connectivity index (χ4n) is 3.14. The fourth-order valence-corrected chi connectivity index (χ4v) is 4.08. The lowest BCUT2D eigenvalue weighted by Crippen LogP contribution is -2.49. The number of hydrogen-bond acceptors (Lipinski definition) is 6. The summed E-state index contributed by atoms with van der Waals surface area (Å²) >= 11 is 1.79. The lowest BCUT2D eigenvalue weighted by atomic mass is 10.0. The number of ether oxygens (including phenoxy) is 2. The summed E-state index contributed by atoms with van der Waals surface area (Å²) in [5, 5.41) is 6.80. The SMILES string of the molecule is COc1cc(NC2CCN(C(=O)C3CSCN3)CC2)cc(OC)c1.Cl.Cl. The highest BCUT2D eigenvalue weighted by atomic mass is 35.5. The number of likely N-dealkylation sites (tertiary alicyclic amines) is 1. The van der Waals surface area contributed by atoms with E-state index in [1.54, 1.807) is 26.0 Å². The van der Waals surface area contributed by atoms with Gasteiger partial charge in [0.15, 0.2) is 0 Å². The molecule has 26 heavy (non-hydrogen) atoms. The van der Waals surface area contributed by atoms with Gasteiger partial charge in [0.25, 0.3) is 0 Å². The van der Waals surface area contributed by atoms with Crippen LogP contribution in [0, 0.1) is 0 Å². The number of methoxy groups -OCH3 is 2. The summed E-state index contributed by atoms with van der Waals surface area (Å²) in [6, 6.07) is 6.16.